The lowest BCUT2D eigenvalue weighted by Crippen LogP contribution is -2.27. The number of halogens is 2. The summed E-state index contributed by atoms with van der Waals surface area (Å²) in [6, 6.07) is 9.63. The Morgan fingerprint density at radius 1 is 1.29 bits per heavy atom. The maximum Gasteiger partial charge on any atom is 0.251 e. The Kier molecular flexibility index (Phi) is 3.55. The number of aryl methyl sites for hydroxylation is 1. The van der Waals surface area contributed by atoms with Crippen LogP contribution < -0.4 is 11.1 Å². The summed E-state index contributed by atoms with van der Waals surface area (Å²) in [5.74, 6) is -0.790. The van der Waals surface area contributed by atoms with Crippen LogP contribution in [0.1, 0.15) is 33.9 Å². The number of hydrogen-bond donors (Lipinski definition) is 2. The summed E-state index contributed by atoms with van der Waals surface area (Å²) in [5, 5.41) is 2.90. The predicted molar refractivity (Wildman–Crippen MR) is 80.8 cm³/mol. The second kappa shape index (κ2) is 5.37. The number of fused-ring (bicyclic) bond motifs is 1. The van der Waals surface area contributed by atoms with Crippen LogP contribution in [0.3, 0.4) is 0 Å². The van der Waals surface area contributed by atoms with Gasteiger partial charge in [-0.05, 0) is 54.3 Å². The molecular formula is C16H14ClFN2O. The number of carbonyl (C=O) groups excluding carboxylic acids is 1. The van der Waals surface area contributed by atoms with Gasteiger partial charge in [-0.15, -0.1) is 0 Å². The molecule has 1 atom stereocenters. The summed E-state index contributed by atoms with van der Waals surface area (Å²) in [6.45, 7) is 0. The molecule has 3 rings (SSSR count). The molecule has 3 N–H and O–H groups in total. The molecule has 3 nitrogen and oxygen atoms in total. The lowest BCUT2D eigenvalue weighted by molar-refractivity contribution is 0.0936. The van der Waals surface area contributed by atoms with E-state index in [2.05, 4.69) is 5.32 Å². The minimum absolute atomic E-state index is 0.0445. The fourth-order valence-corrected chi connectivity index (χ4v) is 2.85. The number of benzene rings is 2. The van der Waals surface area contributed by atoms with Gasteiger partial charge in [-0.25, -0.2) is 4.39 Å². The van der Waals surface area contributed by atoms with Crippen molar-refractivity contribution < 1.29 is 9.18 Å². The molecule has 2 aromatic rings. The first-order chi connectivity index (χ1) is 10.0. The average Bonchev–Trinajstić information content (AvgIpc) is 2.84. The van der Waals surface area contributed by atoms with Crippen LogP contribution in [-0.2, 0) is 6.42 Å². The molecule has 0 bridgehead atoms. The number of rotatable bonds is 2. The molecular weight excluding hydrogens is 291 g/mol. The van der Waals surface area contributed by atoms with Gasteiger partial charge in [0.2, 0.25) is 0 Å². The van der Waals surface area contributed by atoms with Crippen molar-refractivity contribution in [2.45, 2.75) is 18.9 Å². The van der Waals surface area contributed by atoms with Gasteiger partial charge in [0.05, 0.1) is 11.1 Å². The number of nitrogens with two attached hydrogens (primary N) is 1. The Hall–Kier alpha value is -2.07. The van der Waals surface area contributed by atoms with E-state index in [0.717, 1.165) is 29.7 Å². The van der Waals surface area contributed by atoms with Crippen LogP contribution in [-0.4, -0.2) is 5.91 Å². The molecule has 0 spiro atoms. The van der Waals surface area contributed by atoms with Gasteiger partial charge in [0.25, 0.3) is 5.91 Å². The molecule has 0 fully saturated rings. The minimum atomic E-state index is -0.532. The normalized spacial score (nSPS) is 16.6. The molecule has 0 saturated carbocycles. The van der Waals surface area contributed by atoms with E-state index in [0.29, 0.717) is 5.56 Å². The summed E-state index contributed by atoms with van der Waals surface area (Å²) in [6.07, 6.45) is 1.72. The van der Waals surface area contributed by atoms with E-state index in [1.807, 2.05) is 18.2 Å². The molecule has 2 aromatic carbocycles. The minimum Gasteiger partial charge on any atom is -0.399 e. The van der Waals surface area contributed by atoms with Gasteiger partial charge < -0.3 is 11.1 Å². The van der Waals surface area contributed by atoms with Crippen LogP contribution in [0.25, 0.3) is 0 Å². The van der Waals surface area contributed by atoms with Crippen molar-refractivity contribution >= 4 is 23.2 Å². The lowest BCUT2D eigenvalue weighted by atomic mass is 10.1. The fraction of sp³-hybridized carbons (Fsp3) is 0.188. The fourth-order valence-electron chi connectivity index (χ4n) is 2.67. The van der Waals surface area contributed by atoms with Crippen molar-refractivity contribution in [2.75, 3.05) is 5.73 Å². The summed E-state index contributed by atoms with van der Waals surface area (Å²) in [5.41, 5.74) is 9.09. The standard InChI is InChI=1S/C16H14ClFN2O/c17-13-8-10(1-5-14(13)18)16(21)20-15-6-2-9-7-11(19)3-4-12(9)15/h1,3-5,7-8,15H,2,6,19H2,(H,20,21). The van der Waals surface area contributed by atoms with Crippen molar-refractivity contribution in [3.8, 4) is 0 Å². The second-order valence-corrected chi connectivity index (χ2v) is 5.56. The van der Waals surface area contributed by atoms with Gasteiger partial charge in [0, 0.05) is 11.3 Å². The maximum absolute atomic E-state index is 13.1. The molecule has 1 amide bonds. The van der Waals surface area contributed by atoms with Gasteiger partial charge >= 0.3 is 0 Å². The summed E-state index contributed by atoms with van der Waals surface area (Å²) in [7, 11) is 0. The molecule has 0 heterocycles. The number of anilines is 1. The van der Waals surface area contributed by atoms with Crippen LogP contribution in [0.15, 0.2) is 36.4 Å². The second-order valence-electron chi connectivity index (χ2n) is 5.15. The van der Waals surface area contributed by atoms with E-state index in [-0.39, 0.29) is 17.0 Å². The zero-order chi connectivity index (χ0) is 15.0. The molecule has 0 radical (unpaired) electrons. The molecule has 1 aliphatic carbocycles. The molecule has 1 unspecified atom stereocenters. The maximum atomic E-state index is 13.1. The number of nitrogen functional groups attached to an aromatic ring is 1. The van der Waals surface area contributed by atoms with E-state index >= 15 is 0 Å². The third kappa shape index (κ3) is 2.72. The Morgan fingerprint density at radius 2 is 2.10 bits per heavy atom. The van der Waals surface area contributed by atoms with Gasteiger partial charge in [-0.3, -0.25) is 4.79 Å². The molecule has 0 aliphatic heterocycles. The van der Waals surface area contributed by atoms with Crippen LogP contribution >= 0.6 is 11.6 Å². The third-order valence-electron chi connectivity index (χ3n) is 3.73. The van der Waals surface area contributed by atoms with Gasteiger partial charge in [0.1, 0.15) is 5.82 Å². The van der Waals surface area contributed by atoms with E-state index < -0.39 is 5.82 Å². The number of nitrogens with one attached hydrogen (secondary N) is 1. The largest absolute Gasteiger partial charge is 0.399 e. The molecule has 1 aliphatic rings. The van der Waals surface area contributed by atoms with Crippen LogP contribution in [0.5, 0.6) is 0 Å². The first-order valence-electron chi connectivity index (χ1n) is 6.69. The van der Waals surface area contributed by atoms with Crippen molar-refractivity contribution in [2.24, 2.45) is 0 Å². The SMILES string of the molecule is Nc1ccc2c(c1)CCC2NC(=O)c1ccc(F)c(Cl)c1. The Balaban J connectivity index is 1.79. The van der Waals surface area contributed by atoms with E-state index in [1.165, 1.54) is 18.2 Å². The van der Waals surface area contributed by atoms with E-state index in [1.54, 1.807) is 0 Å². The van der Waals surface area contributed by atoms with Crippen molar-refractivity contribution in [1.29, 1.82) is 0 Å². The van der Waals surface area contributed by atoms with Crippen molar-refractivity contribution in [3.63, 3.8) is 0 Å². The summed E-state index contributed by atoms with van der Waals surface area (Å²) >= 11 is 5.70. The Morgan fingerprint density at radius 3 is 2.86 bits per heavy atom. The summed E-state index contributed by atoms with van der Waals surface area (Å²) in [4.78, 5) is 12.2. The zero-order valence-corrected chi connectivity index (χ0v) is 12.0. The molecule has 108 valence electrons. The smallest absolute Gasteiger partial charge is 0.251 e. The summed E-state index contributed by atoms with van der Waals surface area (Å²) < 4.78 is 13.1. The highest BCUT2D eigenvalue weighted by Gasteiger charge is 2.24. The zero-order valence-electron chi connectivity index (χ0n) is 11.2. The Labute approximate surface area is 126 Å². The van der Waals surface area contributed by atoms with Crippen LogP contribution in [0.2, 0.25) is 5.02 Å². The quantitative estimate of drug-likeness (QED) is 0.835. The monoisotopic (exact) mass is 304 g/mol. The highest BCUT2D eigenvalue weighted by Crippen LogP contribution is 2.32. The molecule has 21 heavy (non-hydrogen) atoms. The van der Waals surface area contributed by atoms with Crippen molar-refractivity contribution in [1.82, 2.24) is 5.32 Å². The third-order valence-corrected chi connectivity index (χ3v) is 4.02. The predicted octanol–water partition coefficient (Wildman–Crippen LogP) is 3.48. The Bertz CT molecular complexity index is 717. The number of carbonyl (C=O) groups is 1. The first-order valence-corrected chi connectivity index (χ1v) is 7.06. The number of hydrogen-bond acceptors (Lipinski definition) is 2. The highest BCUT2D eigenvalue weighted by molar-refractivity contribution is 6.31. The molecule has 0 aromatic heterocycles. The highest BCUT2D eigenvalue weighted by atomic mass is 35.5. The lowest BCUT2D eigenvalue weighted by Gasteiger charge is -2.14. The molecule has 0 saturated heterocycles. The van der Waals surface area contributed by atoms with Crippen LogP contribution in [0.4, 0.5) is 10.1 Å². The van der Waals surface area contributed by atoms with E-state index in [9.17, 15) is 9.18 Å². The van der Waals surface area contributed by atoms with Crippen molar-refractivity contribution in [3.05, 3.63) is 63.9 Å². The topological polar surface area (TPSA) is 55.1 Å². The van der Waals surface area contributed by atoms with E-state index in [4.69, 9.17) is 17.3 Å². The molecule has 5 heteroatoms. The van der Waals surface area contributed by atoms with Crippen LogP contribution in [0, 0.1) is 5.82 Å². The van der Waals surface area contributed by atoms with Gasteiger partial charge in [0.15, 0.2) is 0 Å². The number of amides is 1. The average molecular weight is 305 g/mol. The van der Waals surface area contributed by atoms with Gasteiger partial charge in [-0.1, -0.05) is 17.7 Å². The first kappa shape index (κ1) is 13.9. The van der Waals surface area contributed by atoms with Gasteiger partial charge in [-0.2, -0.15) is 0 Å².